The van der Waals surface area contributed by atoms with Crippen LogP contribution in [0.2, 0.25) is 0 Å². The number of benzene rings is 1. The molecule has 0 aliphatic carbocycles. The number of aliphatic hydroxyl groups is 1. The Morgan fingerprint density at radius 1 is 1.31 bits per heavy atom. The highest BCUT2D eigenvalue weighted by molar-refractivity contribution is 7.25. The zero-order valence-corrected chi connectivity index (χ0v) is 17.5. The van der Waals surface area contributed by atoms with E-state index in [2.05, 4.69) is 10.6 Å². The van der Waals surface area contributed by atoms with Crippen LogP contribution in [0.15, 0.2) is 24.3 Å². The number of morpholine rings is 1. The molecule has 1 aliphatic rings. The van der Waals surface area contributed by atoms with Gasteiger partial charge in [0.2, 0.25) is 5.91 Å². The molecule has 0 spiro atoms. The third-order valence-corrected chi connectivity index (χ3v) is 5.90. The standard InChI is InChI=1S/C20H29N2O6P/c1-14(23)21-10-6-2-5-9-20(26,29-27)18-12-22-16(13-28-18)11-15-7-3-4-8-17(15)19(24)25/h3-4,7-8,16,18,22,26H,2,5-6,9-13H2,1H3,(H,21,23)(H,24,25)/t16-,18-,20?/m1/s1. The van der Waals surface area contributed by atoms with Gasteiger partial charge in [-0.1, -0.05) is 24.6 Å². The first-order valence-corrected chi connectivity index (χ1v) is 10.6. The number of carbonyl (C=O) groups excluding carboxylic acids is 1. The van der Waals surface area contributed by atoms with Crippen LogP contribution in [0.4, 0.5) is 0 Å². The molecule has 1 aliphatic heterocycles. The van der Waals surface area contributed by atoms with E-state index in [-0.39, 0.29) is 26.0 Å². The summed E-state index contributed by atoms with van der Waals surface area (Å²) >= 11 is 0. The van der Waals surface area contributed by atoms with Crippen molar-refractivity contribution in [3.63, 3.8) is 0 Å². The van der Waals surface area contributed by atoms with E-state index in [0.29, 0.717) is 39.0 Å². The predicted molar refractivity (Wildman–Crippen MR) is 108 cm³/mol. The molecule has 1 amide bonds. The van der Waals surface area contributed by atoms with E-state index in [1.165, 1.54) is 6.92 Å². The summed E-state index contributed by atoms with van der Waals surface area (Å²) in [5, 5.41) is 24.6. The zero-order chi connectivity index (χ0) is 21.3. The molecule has 1 aromatic carbocycles. The van der Waals surface area contributed by atoms with E-state index in [1.54, 1.807) is 24.3 Å². The topological polar surface area (TPSA) is 125 Å². The first kappa shape index (κ1) is 23.4. The Bertz CT molecular complexity index is 708. The Kier molecular flexibility index (Phi) is 9.17. The molecule has 1 heterocycles. The fraction of sp³-hybridized carbons (Fsp3) is 0.600. The number of carboxylic acids is 1. The van der Waals surface area contributed by atoms with E-state index in [4.69, 9.17) is 4.74 Å². The molecule has 1 fully saturated rings. The van der Waals surface area contributed by atoms with Crippen LogP contribution >= 0.6 is 8.46 Å². The van der Waals surface area contributed by atoms with Gasteiger partial charge in [-0.25, -0.2) is 4.79 Å². The molecular formula is C20H29N2O6P. The largest absolute Gasteiger partial charge is 0.478 e. The Morgan fingerprint density at radius 2 is 2.07 bits per heavy atom. The van der Waals surface area contributed by atoms with E-state index in [1.807, 2.05) is 0 Å². The highest BCUT2D eigenvalue weighted by Gasteiger charge is 2.40. The van der Waals surface area contributed by atoms with Gasteiger partial charge < -0.3 is 25.6 Å². The molecule has 1 aromatic rings. The van der Waals surface area contributed by atoms with Crippen molar-refractivity contribution in [2.75, 3.05) is 19.7 Å². The van der Waals surface area contributed by atoms with E-state index in [9.17, 15) is 24.4 Å². The molecule has 4 N–H and O–H groups in total. The van der Waals surface area contributed by atoms with Crippen LogP contribution in [-0.2, 0) is 20.5 Å². The van der Waals surface area contributed by atoms with Crippen LogP contribution < -0.4 is 10.6 Å². The minimum atomic E-state index is -1.47. The Balaban J connectivity index is 1.81. The van der Waals surface area contributed by atoms with E-state index < -0.39 is 17.4 Å². The monoisotopic (exact) mass is 424 g/mol. The van der Waals surface area contributed by atoms with Crippen molar-refractivity contribution < 1.29 is 29.1 Å². The lowest BCUT2D eigenvalue weighted by Gasteiger charge is -2.37. The molecule has 1 unspecified atom stereocenters. The van der Waals surface area contributed by atoms with Crippen LogP contribution in [0.5, 0.6) is 0 Å². The van der Waals surface area contributed by atoms with Crippen LogP contribution in [-0.4, -0.2) is 59.3 Å². The van der Waals surface area contributed by atoms with Crippen molar-refractivity contribution in [1.82, 2.24) is 10.6 Å². The van der Waals surface area contributed by atoms with Gasteiger partial charge in [-0.3, -0.25) is 9.36 Å². The smallest absolute Gasteiger partial charge is 0.335 e. The fourth-order valence-electron chi connectivity index (χ4n) is 3.44. The lowest BCUT2D eigenvalue weighted by molar-refractivity contribution is -0.118. The van der Waals surface area contributed by atoms with E-state index in [0.717, 1.165) is 18.4 Å². The molecule has 3 atom stereocenters. The minimum absolute atomic E-state index is 0.0678. The Morgan fingerprint density at radius 3 is 2.69 bits per heavy atom. The zero-order valence-electron chi connectivity index (χ0n) is 16.6. The summed E-state index contributed by atoms with van der Waals surface area (Å²) in [6, 6.07) is 6.76. The minimum Gasteiger partial charge on any atom is -0.478 e. The third kappa shape index (κ3) is 7.16. The van der Waals surface area contributed by atoms with Crippen molar-refractivity contribution in [1.29, 1.82) is 0 Å². The normalized spacial score (nSPS) is 21.4. The molecule has 2 rings (SSSR count). The second-order valence-electron chi connectivity index (χ2n) is 7.36. The second-order valence-corrected chi connectivity index (χ2v) is 8.31. The van der Waals surface area contributed by atoms with Gasteiger partial charge in [-0.15, -0.1) is 0 Å². The molecular weight excluding hydrogens is 395 g/mol. The number of carbonyl (C=O) groups is 2. The molecule has 160 valence electrons. The number of ether oxygens (including phenoxy) is 1. The van der Waals surface area contributed by atoms with Crippen LogP contribution in [0, 0.1) is 0 Å². The number of carboxylic acid groups (broad SMARTS) is 1. The van der Waals surface area contributed by atoms with Gasteiger partial charge in [-0.05, 0) is 37.3 Å². The summed E-state index contributed by atoms with van der Waals surface area (Å²) in [4.78, 5) is 22.2. The van der Waals surface area contributed by atoms with Crippen molar-refractivity contribution in [3.05, 3.63) is 35.4 Å². The Labute approximate surface area is 172 Å². The summed E-state index contributed by atoms with van der Waals surface area (Å²) in [6.45, 7) is 2.68. The SMILES string of the molecule is CC(=O)NCCCCCC(O)(P=O)[C@H]1CN[C@H](Cc2ccccc2C(=O)O)CO1. The molecule has 0 radical (unpaired) electrons. The predicted octanol–water partition coefficient (Wildman–Crippen LogP) is 1.96. The first-order chi connectivity index (χ1) is 13.9. The molecule has 9 heteroatoms. The van der Waals surface area contributed by atoms with Gasteiger partial charge in [0.25, 0.3) is 0 Å². The van der Waals surface area contributed by atoms with Crippen molar-refractivity contribution in [2.24, 2.45) is 0 Å². The Hall–Kier alpha value is -1.86. The van der Waals surface area contributed by atoms with Gasteiger partial charge in [0.1, 0.15) is 6.10 Å². The maximum Gasteiger partial charge on any atom is 0.335 e. The molecule has 1 saturated heterocycles. The second kappa shape index (κ2) is 11.4. The number of hydrogen-bond acceptors (Lipinski definition) is 6. The summed E-state index contributed by atoms with van der Waals surface area (Å²) in [6.07, 6.45) is 2.47. The van der Waals surface area contributed by atoms with Crippen molar-refractivity contribution >= 4 is 20.3 Å². The number of amides is 1. The van der Waals surface area contributed by atoms with Crippen LogP contribution in [0.1, 0.15) is 48.5 Å². The number of nitrogens with one attached hydrogen (secondary N) is 2. The van der Waals surface area contributed by atoms with Crippen LogP contribution in [0.3, 0.4) is 0 Å². The average molecular weight is 424 g/mol. The van der Waals surface area contributed by atoms with Gasteiger partial charge in [0.15, 0.2) is 13.8 Å². The molecule has 0 saturated carbocycles. The molecule has 29 heavy (non-hydrogen) atoms. The summed E-state index contributed by atoms with van der Waals surface area (Å²) in [5.74, 6) is -1.03. The lowest BCUT2D eigenvalue weighted by atomic mass is 9.98. The van der Waals surface area contributed by atoms with Gasteiger partial charge in [-0.2, -0.15) is 0 Å². The summed E-state index contributed by atoms with van der Waals surface area (Å²) < 4.78 is 17.4. The average Bonchev–Trinajstić information content (AvgIpc) is 2.71. The number of unbranched alkanes of at least 4 members (excludes halogenated alkanes) is 2. The van der Waals surface area contributed by atoms with Crippen LogP contribution in [0.25, 0.3) is 0 Å². The number of aromatic carboxylic acids is 1. The molecule has 0 aromatic heterocycles. The first-order valence-electron chi connectivity index (χ1n) is 9.83. The number of hydrogen-bond donors (Lipinski definition) is 4. The molecule has 8 nitrogen and oxygen atoms in total. The number of rotatable bonds is 11. The maximum absolute atomic E-state index is 11.6. The van der Waals surface area contributed by atoms with Gasteiger partial charge in [0.05, 0.1) is 12.2 Å². The lowest BCUT2D eigenvalue weighted by Crippen LogP contribution is -2.55. The third-order valence-electron chi connectivity index (χ3n) is 5.07. The van der Waals surface area contributed by atoms with E-state index >= 15 is 0 Å². The highest BCUT2D eigenvalue weighted by atomic mass is 31.1. The van der Waals surface area contributed by atoms with Crippen molar-refractivity contribution in [3.8, 4) is 0 Å². The highest BCUT2D eigenvalue weighted by Crippen LogP contribution is 2.33. The van der Waals surface area contributed by atoms with Gasteiger partial charge >= 0.3 is 5.97 Å². The fourth-order valence-corrected chi connectivity index (χ4v) is 3.97. The summed E-state index contributed by atoms with van der Waals surface area (Å²) in [7, 11) is -0.377. The quantitative estimate of drug-likeness (QED) is 0.316. The maximum atomic E-state index is 11.6. The summed E-state index contributed by atoms with van der Waals surface area (Å²) in [5.41, 5.74) is 0.987. The molecule has 0 bridgehead atoms. The van der Waals surface area contributed by atoms with Gasteiger partial charge in [0, 0.05) is 26.1 Å². The van der Waals surface area contributed by atoms with Crippen molar-refractivity contribution in [2.45, 2.75) is 56.5 Å².